The molecule has 1 aromatic carbocycles. The van der Waals surface area contributed by atoms with Crippen LogP contribution in [0.5, 0.6) is 0 Å². The van der Waals surface area contributed by atoms with Gasteiger partial charge in [-0.05, 0) is 37.1 Å². The standard InChI is InChI=1S/C13H19ClFNO2S/c1-3-16-13(5-4-8-19(2,17)18)11-7-6-10(15)9-12(11)14/h6-7,9,13,16H,3-5,8H2,1-2H3. The zero-order valence-electron chi connectivity index (χ0n) is 11.1. The highest BCUT2D eigenvalue weighted by Crippen LogP contribution is 2.27. The molecular formula is C13H19ClFNO2S. The van der Waals surface area contributed by atoms with E-state index in [0.717, 1.165) is 12.1 Å². The molecule has 0 amide bonds. The molecule has 0 radical (unpaired) electrons. The SMILES string of the molecule is CCNC(CCCS(C)(=O)=O)c1ccc(F)cc1Cl. The van der Waals surface area contributed by atoms with Crippen molar-refractivity contribution in [3.05, 3.63) is 34.6 Å². The monoisotopic (exact) mass is 307 g/mol. The molecule has 0 aliphatic carbocycles. The number of rotatable bonds is 7. The fourth-order valence-corrected chi connectivity index (χ4v) is 2.94. The Hall–Kier alpha value is -0.650. The molecule has 1 N–H and O–H groups in total. The van der Waals surface area contributed by atoms with Gasteiger partial charge in [0.05, 0.1) is 0 Å². The Morgan fingerprint density at radius 1 is 1.42 bits per heavy atom. The normalized spacial score (nSPS) is 13.5. The molecule has 0 aliphatic heterocycles. The molecule has 19 heavy (non-hydrogen) atoms. The minimum Gasteiger partial charge on any atom is -0.310 e. The van der Waals surface area contributed by atoms with Crippen LogP contribution in [0.25, 0.3) is 0 Å². The van der Waals surface area contributed by atoms with Gasteiger partial charge in [0.2, 0.25) is 0 Å². The average Bonchev–Trinajstić information content (AvgIpc) is 2.26. The summed E-state index contributed by atoms with van der Waals surface area (Å²) in [6, 6.07) is 4.23. The predicted octanol–water partition coefficient (Wildman–Crippen LogP) is 2.95. The minimum atomic E-state index is -2.95. The van der Waals surface area contributed by atoms with Gasteiger partial charge in [-0.25, -0.2) is 12.8 Å². The number of nitrogens with one attached hydrogen (secondary N) is 1. The Bertz CT molecular complexity index is 519. The van der Waals surface area contributed by atoms with Gasteiger partial charge < -0.3 is 5.32 Å². The fraction of sp³-hybridized carbons (Fsp3) is 0.538. The number of hydrogen-bond acceptors (Lipinski definition) is 3. The van der Waals surface area contributed by atoms with Crippen LogP contribution in [0, 0.1) is 5.82 Å². The van der Waals surface area contributed by atoms with Crippen LogP contribution in [0.3, 0.4) is 0 Å². The zero-order valence-corrected chi connectivity index (χ0v) is 12.7. The molecule has 0 spiro atoms. The first-order chi connectivity index (χ1) is 8.83. The van der Waals surface area contributed by atoms with Gasteiger partial charge >= 0.3 is 0 Å². The zero-order chi connectivity index (χ0) is 14.5. The van der Waals surface area contributed by atoms with E-state index in [4.69, 9.17) is 11.6 Å². The Morgan fingerprint density at radius 2 is 2.11 bits per heavy atom. The van der Waals surface area contributed by atoms with E-state index < -0.39 is 9.84 Å². The molecule has 108 valence electrons. The van der Waals surface area contributed by atoms with E-state index in [1.54, 1.807) is 6.07 Å². The van der Waals surface area contributed by atoms with Crippen LogP contribution >= 0.6 is 11.6 Å². The lowest BCUT2D eigenvalue weighted by molar-refractivity contribution is 0.506. The van der Waals surface area contributed by atoms with Crippen molar-refractivity contribution in [3.63, 3.8) is 0 Å². The molecule has 6 heteroatoms. The van der Waals surface area contributed by atoms with Crippen LogP contribution in [0.1, 0.15) is 31.4 Å². The van der Waals surface area contributed by atoms with Crippen molar-refractivity contribution < 1.29 is 12.8 Å². The molecule has 1 atom stereocenters. The van der Waals surface area contributed by atoms with E-state index >= 15 is 0 Å². The number of halogens is 2. The molecule has 0 saturated carbocycles. The summed E-state index contributed by atoms with van der Waals surface area (Å²) in [5.41, 5.74) is 0.804. The van der Waals surface area contributed by atoms with Crippen molar-refractivity contribution in [2.75, 3.05) is 18.6 Å². The van der Waals surface area contributed by atoms with E-state index in [1.807, 2.05) is 6.92 Å². The van der Waals surface area contributed by atoms with Crippen molar-refractivity contribution in [1.29, 1.82) is 0 Å². The topological polar surface area (TPSA) is 46.2 Å². The molecule has 0 fully saturated rings. The van der Waals surface area contributed by atoms with Crippen molar-refractivity contribution >= 4 is 21.4 Å². The quantitative estimate of drug-likeness (QED) is 0.842. The maximum absolute atomic E-state index is 13.0. The first kappa shape index (κ1) is 16.4. The maximum Gasteiger partial charge on any atom is 0.147 e. The lowest BCUT2D eigenvalue weighted by atomic mass is 10.0. The van der Waals surface area contributed by atoms with Crippen molar-refractivity contribution in [2.45, 2.75) is 25.8 Å². The number of hydrogen-bond donors (Lipinski definition) is 1. The van der Waals surface area contributed by atoms with Crippen LogP contribution in [0.15, 0.2) is 18.2 Å². The second-order valence-electron chi connectivity index (χ2n) is 4.55. The molecule has 0 saturated heterocycles. The molecule has 1 rings (SSSR count). The summed E-state index contributed by atoms with van der Waals surface area (Å²) in [5.74, 6) is -0.228. The highest BCUT2D eigenvalue weighted by molar-refractivity contribution is 7.90. The summed E-state index contributed by atoms with van der Waals surface area (Å²) in [6.07, 6.45) is 2.41. The molecule has 0 aliphatic rings. The average molecular weight is 308 g/mol. The van der Waals surface area contributed by atoms with Gasteiger partial charge in [-0.1, -0.05) is 24.6 Å². The van der Waals surface area contributed by atoms with Gasteiger partial charge in [-0.15, -0.1) is 0 Å². The Balaban J connectivity index is 2.76. The summed E-state index contributed by atoms with van der Waals surface area (Å²) >= 11 is 6.03. The Labute approximate surface area is 119 Å². The minimum absolute atomic E-state index is 0.0557. The van der Waals surface area contributed by atoms with Gasteiger partial charge in [-0.2, -0.15) is 0 Å². The molecular weight excluding hydrogens is 289 g/mol. The molecule has 0 heterocycles. The Morgan fingerprint density at radius 3 is 2.63 bits per heavy atom. The third kappa shape index (κ3) is 5.89. The molecule has 1 unspecified atom stereocenters. The van der Waals surface area contributed by atoms with Crippen molar-refractivity contribution in [3.8, 4) is 0 Å². The van der Waals surface area contributed by atoms with Crippen LogP contribution in [0.4, 0.5) is 4.39 Å². The van der Waals surface area contributed by atoms with Gasteiger partial charge in [-0.3, -0.25) is 0 Å². The first-order valence-corrected chi connectivity index (χ1v) is 8.63. The van der Waals surface area contributed by atoms with Crippen LogP contribution < -0.4 is 5.32 Å². The smallest absolute Gasteiger partial charge is 0.147 e. The maximum atomic E-state index is 13.0. The summed E-state index contributed by atoms with van der Waals surface area (Å²) in [7, 11) is -2.95. The first-order valence-electron chi connectivity index (χ1n) is 6.19. The summed E-state index contributed by atoms with van der Waals surface area (Å²) < 4.78 is 35.3. The van der Waals surface area contributed by atoms with E-state index in [0.29, 0.717) is 17.9 Å². The summed E-state index contributed by atoms with van der Waals surface area (Å²) in [4.78, 5) is 0. The lowest BCUT2D eigenvalue weighted by Gasteiger charge is -2.19. The highest BCUT2D eigenvalue weighted by Gasteiger charge is 2.15. The summed E-state index contributed by atoms with van der Waals surface area (Å²) in [6.45, 7) is 2.69. The van der Waals surface area contributed by atoms with Crippen molar-refractivity contribution in [2.24, 2.45) is 0 Å². The van der Waals surface area contributed by atoms with Gasteiger partial charge in [0, 0.05) is 23.1 Å². The van der Waals surface area contributed by atoms with Crippen molar-refractivity contribution in [1.82, 2.24) is 5.32 Å². The fourth-order valence-electron chi connectivity index (χ4n) is 1.95. The molecule has 1 aromatic rings. The molecule has 0 bridgehead atoms. The highest BCUT2D eigenvalue weighted by atomic mass is 35.5. The van der Waals surface area contributed by atoms with E-state index in [9.17, 15) is 12.8 Å². The van der Waals surface area contributed by atoms with E-state index in [-0.39, 0.29) is 17.6 Å². The largest absolute Gasteiger partial charge is 0.310 e. The van der Waals surface area contributed by atoms with Gasteiger partial charge in [0.1, 0.15) is 15.7 Å². The second-order valence-corrected chi connectivity index (χ2v) is 7.22. The van der Waals surface area contributed by atoms with E-state index in [1.165, 1.54) is 18.4 Å². The van der Waals surface area contributed by atoms with Gasteiger partial charge in [0.15, 0.2) is 0 Å². The molecule has 0 aromatic heterocycles. The molecule has 3 nitrogen and oxygen atoms in total. The van der Waals surface area contributed by atoms with Crippen LogP contribution in [-0.4, -0.2) is 27.0 Å². The predicted molar refractivity (Wildman–Crippen MR) is 76.8 cm³/mol. The van der Waals surface area contributed by atoms with Gasteiger partial charge in [0.25, 0.3) is 0 Å². The third-order valence-electron chi connectivity index (χ3n) is 2.80. The number of sulfone groups is 1. The van der Waals surface area contributed by atoms with E-state index in [2.05, 4.69) is 5.32 Å². The summed E-state index contributed by atoms with van der Waals surface area (Å²) in [5, 5.41) is 3.61. The van der Waals surface area contributed by atoms with Crippen LogP contribution in [0.2, 0.25) is 5.02 Å². The van der Waals surface area contributed by atoms with Crippen LogP contribution in [-0.2, 0) is 9.84 Å². The Kier molecular flexibility index (Phi) is 6.23. The lowest BCUT2D eigenvalue weighted by Crippen LogP contribution is -2.22. The second kappa shape index (κ2) is 7.22. The third-order valence-corrected chi connectivity index (χ3v) is 4.15. The number of benzene rings is 1.